The number of ether oxygens (including phenoxy) is 2. The standard InChI is InChI=1S/C28H36N2O4/c1-28(2,3)22-13-11-21(12-14-22)26(31)29-23(27(32)30-16-8-6-7-9-17-30)18-20-10-15-24(33-4)25(19-20)34-5/h10-15,18-19H,6-9,16-17H2,1-5H3,(H,29,31)/b23-18+. The Morgan fingerprint density at radius 1 is 0.882 bits per heavy atom. The molecule has 6 nitrogen and oxygen atoms in total. The topological polar surface area (TPSA) is 67.9 Å². The van der Waals surface area contributed by atoms with E-state index in [2.05, 4.69) is 26.1 Å². The van der Waals surface area contributed by atoms with E-state index in [4.69, 9.17) is 9.47 Å². The summed E-state index contributed by atoms with van der Waals surface area (Å²) >= 11 is 0. The lowest BCUT2D eigenvalue weighted by atomic mass is 9.87. The molecule has 1 fully saturated rings. The van der Waals surface area contributed by atoms with Crippen LogP contribution in [0.5, 0.6) is 11.5 Å². The van der Waals surface area contributed by atoms with Crippen LogP contribution in [0.3, 0.4) is 0 Å². The van der Waals surface area contributed by atoms with E-state index >= 15 is 0 Å². The second kappa shape index (κ2) is 11.2. The van der Waals surface area contributed by atoms with Crippen LogP contribution in [0.25, 0.3) is 6.08 Å². The molecule has 2 aromatic rings. The molecule has 1 saturated heterocycles. The number of nitrogens with zero attached hydrogens (tertiary/aromatic N) is 1. The first-order valence-electron chi connectivity index (χ1n) is 11.9. The van der Waals surface area contributed by atoms with Gasteiger partial charge in [-0.1, -0.05) is 51.8 Å². The first-order chi connectivity index (χ1) is 16.2. The second-order valence-electron chi connectivity index (χ2n) is 9.66. The number of benzene rings is 2. The molecule has 1 heterocycles. The third-order valence-corrected chi connectivity index (χ3v) is 6.10. The summed E-state index contributed by atoms with van der Waals surface area (Å²) in [5.41, 5.74) is 2.63. The van der Waals surface area contributed by atoms with Crippen molar-refractivity contribution in [1.82, 2.24) is 10.2 Å². The number of hydrogen-bond acceptors (Lipinski definition) is 4. The third kappa shape index (κ3) is 6.40. The first kappa shape index (κ1) is 25.3. The van der Waals surface area contributed by atoms with Crippen LogP contribution in [-0.4, -0.2) is 44.0 Å². The molecule has 0 saturated carbocycles. The van der Waals surface area contributed by atoms with Crippen LogP contribution in [-0.2, 0) is 10.2 Å². The van der Waals surface area contributed by atoms with Crippen LogP contribution >= 0.6 is 0 Å². The van der Waals surface area contributed by atoms with E-state index in [9.17, 15) is 9.59 Å². The molecule has 2 aromatic carbocycles. The Hall–Kier alpha value is -3.28. The van der Waals surface area contributed by atoms with E-state index < -0.39 is 0 Å². The van der Waals surface area contributed by atoms with Gasteiger partial charge in [0.2, 0.25) is 0 Å². The van der Waals surface area contributed by atoms with Gasteiger partial charge in [-0.05, 0) is 59.7 Å². The van der Waals surface area contributed by atoms with Crippen molar-refractivity contribution in [3.63, 3.8) is 0 Å². The number of amides is 2. The van der Waals surface area contributed by atoms with Gasteiger partial charge in [-0.2, -0.15) is 0 Å². The molecule has 0 bridgehead atoms. The summed E-state index contributed by atoms with van der Waals surface area (Å²) in [7, 11) is 3.14. The predicted octanol–water partition coefficient (Wildman–Crippen LogP) is 5.17. The van der Waals surface area contributed by atoms with Gasteiger partial charge >= 0.3 is 0 Å². The largest absolute Gasteiger partial charge is 0.493 e. The minimum Gasteiger partial charge on any atom is -0.493 e. The normalized spacial score (nSPS) is 14.9. The zero-order valence-corrected chi connectivity index (χ0v) is 20.9. The molecular weight excluding hydrogens is 428 g/mol. The molecule has 182 valence electrons. The first-order valence-corrected chi connectivity index (χ1v) is 11.9. The summed E-state index contributed by atoms with van der Waals surface area (Å²) in [6.45, 7) is 7.78. The van der Waals surface area contributed by atoms with Crippen molar-refractivity contribution in [3.8, 4) is 11.5 Å². The Morgan fingerprint density at radius 3 is 2.06 bits per heavy atom. The molecule has 0 spiro atoms. The smallest absolute Gasteiger partial charge is 0.270 e. The highest BCUT2D eigenvalue weighted by Gasteiger charge is 2.22. The Labute approximate surface area is 202 Å². The van der Waals surface area contributed by atoms with Gasteiger partial charge in [0, 0.05) is 18.7 Å². The van der Waals surface area contributed by atoms with Gasteiger partial charge in [0.1, 0.15) is 5.70 Å². The van der Waals surface area contributed by atoms with Crippen LogP contribution in [0, 0.1) is 0 Å². The molecule has 0 unspecified atom stereocenters. The molecular formula is C28H36N2O4. The van der Waals surface area contributed by atoms with E-state index in [-0.39, 0.29) is 22.9 Å². The highest BCUT2D eigenvalue weighted by Crippen LogP contribution is 2.28. The van der Waals surface area contributed by atoms with Gasteiger partial charge in [0.25, 0.3) is 11.8 Å². The lowest BCUT2D eigenvalue weighted by Gasteiger charge is -2.22. The van der Waals surface area contributed by atoms with Crippen molar-refractivity contribution in [2.45, 2.75) is 51.9 Å². The van der Waals surface area contributed by atoms with Crippen molar-refractivity contribution >= 4 is 17.9 Å². The molecule has 0 aliphatic carbocycles. The highest BCUT2D eigenvalue weighted by molar-refractivity contribution is 6.05. The fourth-order valence-corrected chi connectivity index (χ4v) is 4.02. The summed E-state index contributed by atoms with van der Waals surface area (Å²) in [5, 5.41) is 2.88. The van der Waals surface area contributed by atoms with E-state index in [0.717, 1.165) is 36.8 Å². The number of nitrogens with one attached hydrogen (secondary N) is 1. The molecule has 1 N–H and O–H groups in total. The molecule has 0 radical (unpaired) electrons. The average Bonchev–Trinajstić information content (AvgIpc) is 3.12. The Morgan fingerprint density at radius 2 is 1.50 bits per heavy atom. The maximum absolute atomic E-state index is 13.5. The van der Waals surface area contributed by atoms with Gasteiger partial charge in [-0.15, -0.1) is 0 Å². The Bertz CT molecular complexity index is 1030. The van der Waals surface area contributed by atoms with E-state index in [1.54, 1.807) is 44.6 Å². The van der Waals surface area contributed by atoms with E-state index in [1.807, 2.05) is 23.1 Å². The van der Waals surface area contributed by atoms with Crippen LogP contribution < -0.4 is 14.8 Å². The Balaban J connectivity index is 1.92. The van der Waals surface area contributed by atoms with Gasteiger partial charge in [-0.3, -0.25) is 9.59 Å². The molecule has 2 amide bonds. The average molecular weight is 465 g/mol. The van der Waals surface area contributed by atoms with E-state index in [0.29, 0.717) is 30.2 Å². The van der Waals surface area contributed by atoms with Crippen molar-refractivity contribution in [3.05, 3.63) is 64.9 Å². The summed E-state index contributed by atoms with van der Waals surface area (Å²) in [5.74, 6) is 0.677. The van der Waals surface area contributed by atoms with Crippen molar-refractivity contribution in [1.29, 1.82) is 0 Å². The van der Waals surface area contributed by atoms with Crippen molar-refractivity contribution in [2.75, 3.05) is 27.3 Å². The van der Waals surface area contributed by atoms with E-state index in [1.165, 1.54) is 0 Å². The zero-order chi connectivity index (χ0) is 24.7. The summed E-state index contributed by atoms with van der Waals surface area (Å²) < 4.78 is 10.7. The third-order valence-electron chi connectivity index (χ3n) is 6.10. The minimum absolute atomic E-state index is 0.00374. The number of methoxy groups -OCH3 is 2. The number of carbonyl (C=O) groups excluding carboxylic acids is 2. The molecule has 1 aliphatic rings. The molecule has 0 aromatic heterocycles. The monoisotopic (exact) mass is 464 g/mol. The fourth-order valence-electron chi connectivity index (χ4n) is 4.02. The zero-order valence-electron chi connectivity index (χ0n) is 20.9. The van der Waals surface area contributed by atoms with Gasteiger partial charge < -0.3 is 19.7 Å². The fraction of sp³-hybridized carbons (Fsp3) is 0.429. The molecule has 34 heavy (non-hydrogen) atoms. The quantitative estimate of drug-likeness (QED) is 0.599. The number of hydrogen-bond donors (Lipinski definition) is 1. The van der Waals surface area contributed by atoms with Crippen LogP contribution in [0.15, 0.2) is 48.2 Å². The van der Waals surface area contributed by atoms with Gasteiger partial charge in [0.05, 0.1) is 14.2 Å². The van der Waals surface area contributed by atoms with Crippen molar-refractivity contribution < 1.29 is 19.1 Å². The second-order valence-corrected chi connectivity index (χ2v) is 9.66. The van der Waals surface area contributed by atoms with Crippen LogP contribution in [0.2, 0.25) is 0 Å². The highest BCUT2D eigenvalue weighted by atomic mass is 16.5. The maximum Gasteiger partial charge on any atom is 0.270 e. The SMILES string of the molecule is COc1ccc(/C=C(/NC(=O)c2ccc(C(C)(C)C)cc2)C(=O)N2CCCCCC2)cc1OC. The Kier molecular flexibility index (Phi) is 8.37. The van der Waals surface area contributed by atoms with Gasteiger partial charge in [0.15, 0.2) is 11.5 Å². The molecule has 0 atom stereocenters. The van der Waals surface area contributed by atoms with Gasteiger partial charge in [-0.25, -0.2) is 0 Å². The molecule has 3 rings (SSSR count). The molecule has 6 heteroatoms. The molecule has 1 aliphatic heterocycles. The predicted molar refractivity (Wildman–Crippen MR) is 135 cm³/mol. The van der Waals surface area contributed by atoms with Crippen molar-refractivity contribution in [2.24, 2.45) is 0 Å². The van der Waals surface area contributed by atoms with Crippen LogP contribution in [0.4, 0.5) is 0 Å². The lowest BCUT2D eigenvalue weighted by molar-refractivity contribution is -0.127. The summed E-state index contributed by atoms with van der Waals surface area (Å²) in [6, 6.07) is 12.9. The van der Waals surface area contributed by atoms with Crippen LogP contribution in [0.1, 0.15) is 67.9 Å². The number of rotatable bonds is 6. The lowest BCUT2D eigenvalue weighted by Crippen LogP contribution is -2.39. The summed E-state index contributed by atoms with van der Waals surface area (Å²) in [4.78, 5) is 28.4. The number of likely N-dealkylation sites (tertiary alicyclic amines) is 1. The minimum atomic E-state index is -0.310. The summed E-state index contributed by atoms with van der Waals surface area (Å²) in [6.07, 6.45) is 5.88. The maximum atomic E-state index is 13.5. The number of carbonyl (C=O) groups is 2.